The molecule has 3 nitrogen and oxygen atoms in total. The summed E-state index contributed by atoms with van der Waals surface area (Å²) in [5.41, 5.74) is 8.18. The molecular formula is C15H16BrFN2O. The van der Waals surface area contributed by atoms with Crippen LogP contribution in [0.4, 0.5) is 15.8 Å². The van der Waals surface area contributed by atoms with E-state index in [0.717, 1.165) is 11.3 Å². The second-order valence-electron chi connectivity index (χ2n) is 4.62. The highest BCUT2D eigenvalue weighted by Crippen LogP contribution is 2.29. The van der Waals surface area contributed by atoms with Crippen LogP contribution in [-0.2, 0) is 6.61 Å². The van der Waals surface area contributed by atoms with Crippen molar-refractivity contribution in [1.29, 1.82) is 0 Å². The van der Waals surface area contributed by atoms with Crippen molar-refractivity contribution in [2.75, 3.05) is 24.7 Å². The lowest BCUT2D eigenvalue weighted by atomic mass is 10.2. The SMILES string of the molecule is CN(C)c1ccc(N)c(OCc2cccc(F)c2Br)c1. The lowest BCUT2D eigenvalue weighted by Crippen LogP contribution is -2.09. The number of nitrogens with two attached hydrogens (primary N) is 1. The molecule has 0 heterocycles. The van der Waals surface area contributed by atoms with E-state index in [4.69, 9.17) is 10.5 Å². The molecule has 0 aliphatic rings. The zero-order chi connectivity index (χ0) is 14.7. The van der Waals surface area contributed by atoms with Gasteiger partial charge in [-0.2, -0.15) is 0 Å². The van der Waals surface area contributed by atoms with Crippen LogP contribution < -0.4 is 15.4 Å². The smallest absolute Gasteiger partial charge is 0.144 e. The first-order valence-electron chi connectivity index (χ1n) is 6.11. The van der Waals surface area contributed by atoms with Crippen molar-refractivity contribution in [2.24, 2.45) is 0 Å². The normalized spacial score (nSPS) is 10.4. The quantitative estimate of drug-likeness (QED) is 0.861. The standard InChI is InChI=1S/C15H16BrFN2O/c1-19(2)11-6-7-13(18)14(8-11)20-9-10-4-3-5-12(17)15(10)16/h3-8H,9,18H2,1-2H3. The van der Waals surface area contributed by atoms with Gasteiger partial charge in [-0.15, -0.1) is 0 Å². The van der Waals surface area contributed by atoms with E-state index in [2.05, 4.69) is 15.9 Å². The molecule has 2 aromatic rings. The van der Waals surface area contributed by atoms with Gasteiger partial charge >= 0.3 is 0 Å². The molecule has 0 aliphatic carbocycles. The minimum atomic E-state index is -0.305. The van der Waals surface area contributed by atoms with Gasteiger partial charge in [-0.25, -0.2) is 4.39 Å². The maximum Gasteiger partial charge on any atom is 0.144 e. The topological polar surface area (TPSA) is 38.5 Å². The number of nitrogen functional groups attached to an aromatic ring is 1. The van der Waals surface area contributed by atoms with Crippen LogP contribution in [0.25, 0.3) is 0 Å². The lowest BCUT2D eigenvalue weighted by molar-refractivity contribution is 0.306. The molecule has 2 aromatic carbocycles. The fraction of sp³-hybridized carbons (Fsp3) is 0.200. The van der Waals surface area contributed by atoms with Crippen LogP contribution in [0.3, 0.4) is 0 Å². The predicted octanol–water partition coefficient (Wildman–Crippen LogP) is 3.82. The highest BCUT2D eigenvalue weighted by atomic mass is 79.9. The Hall–Kier alpha value is -1.75. The van der Waals surface area contributed by atoms with Gasteiger partial charge in [-0.1, -0.05) is 12.1 Å². The minimum Gasteiger partial charge on any atom is -0.487 e. The van der Waals surface area contributed by atoms with Gasteiger partial charge in [-0.3, -0.25) is 0 Å². The molecule has 5 heteroatoms. The number of nitrogens with zero attached hydrogens (tertiary/aromatic N) is 1. The molecule has 0 atom stereocenters. The van der Waals surface area contributed by atoms with Gasteiger partial charge in [0.2, 0.25) is 0 Å². The van der Waals surface area contributed by atoms with Crippen LogP contribution in [0.5, 0.6) is 5.75 Å². The molecule has 0 aromatic heterocycles. The minimum absolute atomic E-state index is 0.249. The first-order valence-corrected chi connectivity index (χ1v) is 6.91. The first-order chi connectivity index (χ1) is 9.49. The van der Waals surface area contributed by atoms with Gasteiger partial charge in [0.25, 0.3) is 0 Å². The Morgan fingerprint density at radius 3 is 2.70 bits per heavy atom. The average molecular weight is 339 g/mol. The van der Waals surface area contributed by atoms with E-state index >= 15 is 0 Å². The molecule has 0 saturated heterocycles. The summed E-state index contributed by atoms with van der Waals surface area (Å²) in [7, 11) is 3.89. The van der Waals surface area contributed by atoms with Crippen molar-refractivity contribution in [3.05, 3.63) is 52.3 Å². The fourth-order valence-electron chi connectivity index (χ4n) is 1.74. The molecule has 0 fully saturated rings. The van der Waals surface area contributed by atoms with Gasteiger partial charge in [0.1, 0.15) is 18.2 Å². The third kappa shape index (κ3) is 3.22. The molecule has 106 valence electrons. The van der Waals surface area contributed by atoms with E-state index in [-0.39, 0.29) is 12.4 Å². The number of anilines is 2. The highest BCUT2D eigenvalue weighted by molar-refractivity contribution is 9.10. The molecule has 2 N–H and O–H groups in total. The van der Waals surface area contributed by atoms with E-state index in [9.17, 15) is 4.39 Å². The van der Waals surface area contributed by atoms with Crippen LogP contribution in [0.1, 0.15) is 5.56 Å². The first kappa shape index (κ1) is 14.7. The Bertz CT molecular complexity index is 617. The molecule has 0 amide bonds. The van der Waals surface area contributed by atoms with Gasteiger partial charge in [0.05, 0.1) is 10.2 Å². The third-order valence-corrected chi connectivity index (χ3v) is 3.82. The average Bonchev–Trinajstić information content (AvgIpc) is 2.41. The molecule has 2 rings (SSSR count). The Kier molecular flexibility index (Phi) is 4.49. The van der Waals surface area contributed by atoms with Crippen LogP contribution in [0, 0.1) is 5.82 Å². The van der Waals surface area contributed by atoms with Crippen LogP contribution in [0.2, 0.25) is 0 Å². The number of benzene rings is 2. The van der Waals surface area contributed by atoms with Crippen LogP contribution in [-0.4, -0.2) is 14.1 Å². The number of rotatable bonds is 4. The maximum atomic E-state index is 13.4. The third-order valence-electron chi connectivity index (χ3n) is 2.93. The molecule has 0 bridgehead atoms. The number of hydrogen-bond donors (Lipinski definition) is 1. The molecule has 0 spiro atoms. The summed E-state index contributed by atoms with van der Waals surface area (Å²) in [6, 6.07) is 10.4. The summed E-state index contributed by atoms with van der Waals surface area (Å²) in [5, 5.41) is 0. The molecule has 20 heavy (non-hydrogen) atoms. The summed E-state index contributed by atoms with van der Waals surface area (Å²) in [6.45, 7) is 0.249. The summed E-state index contributed by atoms with van der Waals surface area (Å²) in [4.78, 5) is 1.96. The highest BCUT2D eigenvalue weighted by Gasteiger charge is 2.08. The second-order valence-corrected chi connectivity index (χ2v) is 5.41. The van der Waals surface area contributed by atoms with E-state index in [1.54, 1.807) is 18.2 Å². The monoisotopic (exact) mass is 338 g/mol. The molecular weight excluding hydrogens is 323 g/mol. The summed E-state index contributed by atoms with van der Waals surface area (Å²) >= 11 is 3.22. The van der Waals surface area contributed by atoms with Crippen molar-refractivity contribution in [1.82, 2.24) is 0 Å². The van der Waals surface area contributed by atoms with Gasteiger partial charge in [0.15, 0.2) is 0 Å². The molecule has 0 saturated carbocycles. The summed E-state index contributed by atoms with van der Waals surface area (Å²) < 4.78 is 19.5. The van der Waals surface area contributed by atoms with Crippen molar-refractivity contribution in [3.8, 4) is 5.75 Å². The van der Waals surface area contributed by atoms with Crippen molar-refractivity contribution in [2.45, 2.75) is 6.61 Å². The summed E-state index contributed by atoms with van der Waals surface area (Å²) in [6.07, 6.45) is 0. The van der Waals surface area contributed by atoms with E-state index in [0.29, 0.717) is 15.9 Å². The largest absolute Gasteiger partial charge is 0.487 e. The van der Waals surface area contributed by atoms with E-state index < -0.39 is 0 Å². The second kappa shape index (κ2) is 6.13. The van der Waals surface area contributed by atoms with Crippen molar-refractivity contribution >= 4 is 27.3 Å². The van der Waals surface area contributed by atoms with Gasteiger partial charge in [-0.05, 0) is 34.1 Å². The Morgan fingerprint density at radius 2 is 2.00 bits per heavy atom. The van der Waals surface area contributed by atoms with Gasteiger partial charge in [0, 0.05) is 31.4 Å². The summed E-state index contributed by atoms with van der Waals surface area (Å²) in [5.74, 6) is 0.286. The lowest BCUT2D eigenvalue weighted by Gasteiger charge is -2.16. The van der Waals surface area contributed by atoms with Crippen LogP contribution >= 0.6 is 15.9 Å². The van der Waals surface area contributed by atoms with Crippen molar-refractivity contribution in [3.63, 3.8) is 0 Å². The maximum absolute atomic E-state index is 13.4. The molecule has 0 aliphatic heterocycles. The number of ether oxygens (including phenoxy) is 1. The molecule has 0 radical (unpaired) electrons. The fourth-order valence-corrected chi connectivity index (χ4v) is 2.12. The Balaban J connectivity index is 2.18. The molecule has 0 unspecified atom stereocenters. The van der Waals surface area contributed by atoms with E-state index in [1.807, 2.05) is 31.1 Å². The van der Waals surface area contributed by atoms with E-state index in [1.165, 1.54) is 6.07 Å². The zero-order valence-corrected chi connectivity index (χ0v) is 12.9. The van der Waals surface area contributed by atoms with Crippen LogP contribution in [0.15, 0.2) is 40.9 Å². The van der Waals surface area contributed by atoms with Crippen molar-refractivity contribution < 1.29 is 9.13 Å². The van der Waals surface area contributed by atoms with Gasteiger partial charge < -0.3 is 15.4 Å². The Morgan fingerprint density at radius 1 is 1.25 bits per heavy atom. The zero-order valence-electron chi connectivity index (χ0n) is 11.4. The number of hydrogen-bond acceptors (Lipinski definition) is 3. The number of halogens is 2. The predicted molar refractivity (Wildman–Crippen MR) is 83.6 cm³/mol. The Labute approximate surface area is 126 Å².